The van der Waals surface area contributed by atoms with Gasteiger partial charge in [0.05, 0.1) is 5.69 Å². The SMILES string of the molecule is CC(C)(C)OC(=O)NCCNC(=O)Nc1ccc(F)cc1F. The normalized spacial score (nSPS) is 10.8. The van der Waals surface area contributed by atoms with Crippen LogP contribution < -0.4 is 16.0 Å². The smallest absolute Gasteiger partial charge is 0.407 e. The average Bonchev–Trinajstić information content (AvgIpc) is 2.36. The van der Waals surface area contributed by atoms with Crippen molar-refractivity contribution in [2.24, 2.45) is 0 Å². The lowest BCUT2D eigenvalue weighted by molar-refractivity contribution is 0.0528. The van der Waals surface area contributed by atoms with Crippen LogP contribution in [0.4, 0.5) is 24.1 Å². The van der Waals surface area contributed by atoms with E-state index in [-0.39, 0.29) is 18.8 Å². The molecule has 3 amide bonds. The van der Waals surface area contributed by atoms with E-state index in [1.807, 2.05) is 0 Å². The predicted molar refractivity (Wildman–Crippen MR) is 77.6 cm³/mol. The van der Waals surface area contributed by atoms with E-state index in [1.165, 1.54) is 0 Å². The number of amides is 3. The Bertz CT molecular complexity index is 545. The van der Waals surface area contributed by atoms with E-state index in [2.05, 4.69) is 16.0 Å². The van der Waals surface area contributed by atoms with E-state index in [9.17, 15) is 18.4 Å². The minimum atomic E-state index is -0.873. The average molecular weight is 315 g/mol. The quantitative estimate of drug-likeness (QED) is 0.747. The van der Waals surface area contributed by atoms with Gasteiger partial charge < -0.3 is 20.7 Å². The van der Waals surface area contributed by atoms with Gasteiger partial charge in [0.1, 0.15) is 17.2 Å². The number of rotatable bonds is 4. The van der Waals surface area contributed by atoms with Crippen molar-refractivity contribution < 1.29 is 23.1 Å². The van der Waals surface area contributed by atoms with Gasteiger partial charge in [-0.2, -0.15) is 0 Å². The summed E-state index contributed by atoms with van der Waals surface area (Å²) in [6, 6.07) is 2.14. The number of benzene rings is 1. The molecule has 0 aromatic heterocycles. The van der Waals surface area contributed by atoms with E-state index in [0.717, 1.165) is 12.1 Å². The van der Waals surface area contributed by atoms with Crippen LogP contribution in [0.25, 0.3) is 0 Å². The fourth-order valence-corrected chi connectivity index (χ4v) is 1.41. The Morgan fingerprint density at radius 2 is 1.77 bits per heavy atom. The Morgan fingerprint density at radius 3 is 2.36 bits per heavy atom. The van der Waals surface area contributed by atoms with Crippen LogP contribution in [-0.4, -0.2) is 30.8 Å². The molecule has 0 radical (unpaired) electrons. The molecule has 122 valence electrons. The standard InChI is InChI=1S/C14H19F2N3O3/c1-14(2,3)22-13(21)18-7-6-17-12(20)19-11-5-4-9(15)8-10(11)16/h4-5,8H,6-7H2,1-3H3,(H,18,21)(H2,17,19,20). The predicted octanol–water partition coefficient (Wildman–Crippen LogP) is 2.61. The zero-order valence-corrected chi connectivity index (χ0v) is 12.6. The highest BCUT2D eigenvalue weighted by Gasteiger charge is 2.15. The number of hydrogen-bond donors (Lipinski definition) is 3. The van der Waals surface area contributed by atoms with Crippen molar-refractivity contribution >= 4 is 17.8 Å². The van der Waals surface area contributed by atoms with Crippen molar-refractivity contribution in [3.05, 3.63) is 29.8 Å². The van der Waals surface area contributed by atoms with Crippen LogP contribution in [-0.2, 0) is 4.74 Å². The van der Waals surface area contributed by atoms with Gasteiger partial charge in [0, 0.05) is 19.2 Å². The highest BCUT2D eigenvalue weighted by atomic mass is 19.1. The fourth-order valence-electron chi connectivity index (χ4n) is 1.41. The van der Waals surface area contributed by atoms with Crippen molar-refractivity contribution in [1.82, 2.24) is 10.6 Å². The molecule has 0 bridgehead atoms. The van der Waals surface area contributed by atoms with Crippen molar-refractivity contribution in [2.75, 3.05) is 18.4 Å². The number of nitrogens with one attached hydrogen (secondary N) is 3. The first-order valence-corrected chi connectivity index (χ1v) is 6.64. The number of hydrogen-bond acceptors (Lipinski definition) is 3. The van der Waals surface area contributed by atoms with Gasteiger partial charge in [-0.3, -0.25) is 0 Å². The van der Waals surface area contributed by atoms with Crippen molar-refractivity contribution in [2.45, 2.75) is 26.4 Å². The van der Waals surface area contributed by atoms with Gasteiger partial charge in [0.15, 0.2) is 0 Å². The van der Waals surface area contributed by atoms with Crippen molar-refractivity contribution in [1.29, 1.82) is 0 Å². The number of halogens is 2. The number of alkyl carbamates (subject to hydrolysis) is 1. The van der Waals surface area contributed by atoms with Gasteiger partial charge in [0.2, 0.25) is 0 Å². The molecule has 1 aromatic rings. The second-order valence-electron chi connectivity index (χ2n) is 5.43. The minimum absolute atomic E-state index is 0.119. The van der Waals surface area contributed by atoms with Gasteiger partial charge in [-0.25, -0.2) is 18.4 Å². The van der Waals surface area contributed by atoms with Crippen LogP contribution in [0.3, 0.4) is 0 Å². The third kappa shape index (κ3) is 6.87. The maximum Gasteiger partial charge on any atom is 0.407 e. The second kappa shape index (κ2) is 7.58. The molecule has 0 unspecified atom stereocenters. The van der Waals surface area contributed by atoms with Crippen LogP contribution in [0, 0.1) is 11.6 Å². The molecule has 0 aliphatic rings. The third-order valence-corrected chi connectivity index (χ3v) is 2.26. The van der Waals surface area contributed by atoms with E-state index >= 15 is 0 Å². The Hall–Kier alpha value is -2.38. The zero-order chi connectivity index (χ0) is 16.8. The van der Waals surface area contributed by atoms with Crippen LogP contribution in [0.2, 0.25) is 0 Å². The van der Waals surface area contributed by atoms with Crippen molar-refractivity contribution in [3.8, 4) is 0 Å². The molecule has 0 aliphatic heterocycles. The number of carbonyl (C=O) groups is 2. The summed E-state index contributed by atoms with van der Waals surface area (Å²) in [5.41, 5.74) is -0.742. The number of urea groups is 1. The molecule has 3 N–H and O–H groups in total. The largest absolute Gasteiger partial charge is 0.444 e. The van der Waals surface area contributed by atoms with E-state index < -0.39 is 29.4 Å². The summed E-state index contributed by atoms with van der Waals surface area (Å²) in [6.45, 7) is 5.46. The third-order valence-electron chi connectivity index (χ3n) is 2.26. The lowest BCUT2D eigenvalue weighted by atomic mass is 10.2. The molecule has 1 rings (SSSR count). The van der Waals surface area contributed by atoms with E-state index in [1.54, 1.807) is 20.8 Å². The van der Waals surface area contributed by atoms with Crippen LogP contribution in [0.5, 0.6) is 0 Å². The summed E-state index contributed by atoms with van der Waals surface area (Å²) in [5.74, 6) is -1.60. The van der Waals surface area contributed by atoms with Gasteiger partial charge >= 0.3 is 12.1 Å². The van der Waals surface area contributed by atoms with E-state index in [4.69, 9.17) is 4.74 Å². The molecular weight excluding hydrogens is 296 g/mol. The molecule has 0 spiro atoms. The Labute approximate surface area is 127 Å². The van der Waals surface area contributed by atoms with Gasteiger partial charge in [-0.05, 0) is 32.9 Å². The minimum Gasteiger partial charge on any atom is -0.444 e. The first-order chi connectivity index (χ1) is 10.2. The van der Waals surface area contributed by atoms with Crippen LogP contribution >= 0.6 is 0 Å². The molecule has 0 fully saturated rings. The van der Waals surface area contributed by atoms with Crippen molar-refractivity contribution in [3.63, 3.8) is 0 Å². The summed E-state index contributed by atoms with van der Waals surface area (Å²) < 4.78 is 31.0. The second-order valence-corrected chi connectivity index (χ2v) is 5.43. The van der Waals surface area contributed by atoms with E-state index in [0.29, 0.717) is 6.07 Å². The summed E-state index contributed by atoms with van der Waals surface area (Å²) >= 11 is 0. The molecule has 22 heavy (non-hydrogen) atoms. The Morgan fingerprint density at radius 1 is 1.14 bits per heavy atom. The molecule has 0 atom stereocenters. The number of ether oxygens (including phenoxy) is 1. The summed E-state index contributed by atoms with van der Waals surface area (Å²) in [5, 5.41) is 7.09. The Balaban J connectivity index is 2.28. The summed E-state index contributed by atoms with van der Waals surface area (Å²) in [6.07, 6.45) is -0.598. The maximum atomic E-state index is 13.3. The molecule has 0 saturated heterocycles. The molecule has 8 heteroatoms. The summed E-state index contributed by atoms with van der Waals surface area (Å²) in [4.78, 5) is 22.8. The number of carbonyl (C=O) groups excluding carboxylic acids is 2. The van der Waals surface area contributed by atoms with Gasteiger partial charge in [0.25, 0.3) is 0 Å². The van der Waals surface area contributed by atoms with Crippen LogP contribution in [0.15, 0.2) is 18.2 Å². The van der Waals surface area contributed by atoms with Crippen LogP contribution in [0.1, 0.15) is 20.8 Å². The lowest BCUT2D eigenvalue weighted by Crippen LogP contribution is -2.39. The summed E-state index contributed by atoms with van der Waals surface area (Å²) in [7, 11) is 0. The zero-order valence-electron chi connectivity index (χ0n) is 12.6. The molecule has 0 heterocycles. The topological polar surface area (TPSA) is 79.5 Å². The highest BCUT2D eigenvalue weighted by Crippen LogP contribution is 2.14. The molecule has 0 aliphatic carbocycles. The molecule has 0 saturated carbocycles. The molecule has 1 aromatic carbocycles. The maximum absolute atomic E-state index is 13.3. The Kier molecular flexibility index (Phi) is 6.09. The fraction of sp³-hybridized carbons (Fsp3) is 0.429. The first-order valence-electron chi connectivity index (χ1n) is 6.64. The molecular formula is C14H19F2N3O3. The highest BCUT2D eigenvalue weighted by molar-refractivity contribution is 5.89. The first kappa shape index (κ1) is 17.7. The molecule has 6 nitrogen and oxygen atoms in total. The lowest BCUT2D eigenvalue weighted by Gasteiger charge is -2.19. The monoisotopic (exact) mass is 315 g/mol. The van der Waals surface area contributed by atoms with Gasteiger partial charge in [-0.15, -0.1) is 0 Å². The number of anilines is 1. The van der Waals surface area contributed by atoms with Gasteiger partial charge in [-0.1, -0.05) is 0 Å².